The highest BCUT2D eigenvalue weighted by Crippen LogP contribution is 2.25. The molecule has 0 atom stereocenters. The van der Waals surface area contributed by atoms with Crippen molar-refractivity contribution in [2.45, 2.75) is 58.8 Å². The number of amides is 1. The number of carbonyl (C=O) groups excluding carboxylic acids is 1. The molecule has 0 bridgehead atoms. The van der Waals surface area contributed by atoms with Crippen LogP contribution in [0.3, 0.4) is 0 Å². The van der Waals surface area contributed by atoms with Crippen LogP contribution in [0, 0.1) is 6.92 Å². The molecular weight excluding hydrogens is 522 g/mol. The van der Waals surface area contributed by atoms with Crippen molar-refractivity contribution in [2.75, 3.05) is 18.4 Å². The first kappa shape index (κ1) is 27.9. The van der Waals surface area contributed by atoms with Crippen LogP contribution in [0.1, 0.15) is 39.3 Å². The average molecular weight is 558 g/mol. The van der Waals surface area contributed by atoms with Crippen LogP contribution in [-0.4, -0.2) is 60.1 Å². The molecule has 4 aromatic rings. The molecule has 1 aliphatic rings. The van der Waals surface area contributed by atoms with E-state index >= 15 is 0 Å². The van der Waals surface area contributed by atoms with Gasteiger partial charge in [0.15, 0.2) is 5.65 Å². The van der Waals surface area contributed by atoms with Gasteiger partial charge in [0.25, 0.3) is 5.56 Å². The Hall–Kier alpha value is -4.67. The third-order valence-corrected chi connectivity index (χ3v) is 6.59. The SMILES string of the molecule is C=CCn1c(=O)c2cnc(Nc3ccnc(C)c3)nc2n1-c1cccc(OC2CCN(C(=O)OC(C)(C)C)CC2)c1. The lowest BCUT2D eigenvalue weighted by Crippen LogP contribution is -2.44. The number of hydrogen-bond donors (Lipinski definition) is 1. The Morgan fingerprint density at radius 1 is 1.17 bits per heavy atom. The highest BCUT2D eigenvalue weighted by atomic mass is 16.6. The predicted molar refractivity (Wildman–Crippen MR) is 157 cm³/mol. The maximum Gasteiger partial charge on any atom is 0.410 e. The Kier molecular flexibility index (Phi) is 7.78. The first-order valence-corrected chi connectivity index (χ1v) is 13.7. The molecular formula is C30H35N7O4. The third-order valence-electron chi connectivity index (χ3n) is 6.59. The van der Waals surface area contributed by atoms with Crippen LogP contribution in [0.2, 0.25) is 0 Å². The van der Waals surface area contributed by atoms with Crippen molar-refractivity contribution in [3.05, 3.63) is 77.5 Å². The van der Waals surface area contributed by atoms with Gasteiger partial charge in [0.1, 0.15) is 22.8 Å². The predicted octanol–water partition coefficient (Wildman–Crippen LogP) is 4.99. The zero-order valence-corrected chi connectivity index (χ0v) is 23.8. The van der Waals surface area contributed by atoms with Crippen molar-refractivity contribution >= 4 is 28.8 Å². The molecule has 1 aliphatic heterocycles. The molecule has 0 unspecified atom stereocenters. The number of hydrogen-bond acceptors (Lipinski definition) is 8. The zero-order valence-electron chi connectivity index (χ0n) is 23.8. The van der Waals surface area contributed by atoms with Gasteiger partial charge < -0.3 is 19.7 Å². The van der Waals surface area contributed by atoms with E-state index in [1.54, 1.807) is 26.5 Å². The van der Waals surface area contributed by atoms with E-state index in [0.717, 1.165) is 11.4 Å². The molecule has 41 heavy (non-hydrogen) atoms. The minimum Gasteiger partial charge on any atom is -0.490 e. The van der Waals surface area contributed by atoms with Crippen LogP contribution in [0.15, 0.2) is 66.2 Å². The number of likely N-dealkylation sites (tertiary alicyclic amines) is 1. The summed E-state index contributed by atoms with van der Waals surface area (Å²) in [6.07, 6.45) is 5.94. The van der Waals surface area contributed by atoms with E-state index in [2.05, 4.69) is 21.9 Å². The smallest absolute Gasteiger partial charge is 0.410 e. The number of ether oxygens (including phenoxy) is 2. The second kappa shape index (κ2) is 11.4. The summed E-state index contributed by atoms with van der Waals surface area (Å²) in [6, 6.07) is 11.3. The van der Waals surface area contributed by atoms with E-state index < -0.39 is 5.60 Å². The number of rotatable bonds is 7. The summed E-state index contributed by atoms with van der Waals surface area (Å²) in [5.41, 5.74) is 2.09. The van der Waals surface area contributed by atoms with Gasteiger partial charge >= 0.3 is 6.09 Å². The maximum atomic E-state index is 13.3. The molecule has 0 aliphatic carbocycles. The van der Waals surface area contributed by atoms with E-state index in [0.29, 0.717) is 54.3 Å². The van der Waals surface area contributed by atoms with Crippen molar-refractivity contribution in [3.63, 3.8) is 0 Å². The van der Waals surface area contributed by atoms with Crippen molar-refractivity contribution in [3.8, 4) is 11.4 Å². The van der Waals surface area contributed by atoms with E-state index in [1.807, 2.05) is 64.1 Å². The Labute approximate surface area is 238 Å². The number of carbonyl (C=O) groups is 1. The summed E-state index contributed by atoms with van der Waals surface area (Å²) in [5.74, 6) is 1.02. The summed E-state index contributed by atoms with van der Waals surface area (Å²) in [4.78, 5) is 40.8. The Morgan fingerprint density at radius 2 is 1.95 bits per heavy atom. The number of pyridine rings is 1. The second-order valence-corrected chi connectivity index (χ2v) is 11.0. The summed E-state index contributed by atoms with van der Waals surface area (Å²) < 4.78 is 15.2. The molecule has 11 heteroatoms. The fraction of sp³-hybridized carbons (Fsp3) is 0.367. The number of allylic oxidation sites excluding steroid dienone is 1. The summed E-state index contributed by atoms with van der Waals surface area (Å²) in [6.45, 7) is 12.7. The molecule has 0 spiro atoms. The van der Waals surface area contributed by atoms with Crippen LogP contribution in [0.25, 0.3) is 16.7 Å². The van der Waals surface area contributed by atoms with Crippen LogP contribution < -0.4 is 15.6 Å². The molecule has 1 amide bonds. The van der Waals surface area contributed by atoms with Crippen LogP contribution in [-0.2, 0) is 11.3 Å². The van der Waals surface area contributed by atoms with Crippen molar-refractivity contribution in [1.82, 2.24) is 29.2 Å². The first-order chi connectivity index (χ1) is 19.6. The van der Waals surface area contributed by atoms with Crippen LogP contribution >= 0.6 is 0 Å². The summed E-state index contributed by atoms with van der Waals surface area (Å²) in [7, 11) is 0. The van der Waals surface area contributed by atoms with Crippen molar-refractivity contribution in [1.29, 1.82) is 0 Å². The lowest BCUT2D eigenvalue weighted by atomic mass is 10.1. The van der Waals surface area contributed by atoms with Gasteiger partial charge in [-0.2, -0.15) is 4.98 Å². The van der Waals surface area contributed by atoms with Gasteiger partial charge in [-0.05, 0) is 52.0 Å². The minimum absolute atomic E-state index is 0.0531. The molecule has 3 aromatic heterocycles. The van der Waals surface area contributed by atoms with Gasteiger partial charge in [0, 0.05) is 55.8 Å². The highest BCUT2D eigenvalue weighted by Gasteiger charge is 2.28. The van der Waals surface area contributed by atoms with Gasteiger partial charge in [-0.3, -0.25) is 9.78 Å². The largest absolute Gasteiger partial charge is 0.490 e. The van der Waals surface area contributed by atoms with Crippen LogP contribution in [0.4, 0.5) is 16.4 Å². The second-order valence-electron chi connectivity index (χ2n) is 11.0. The van der Waals surface area contributed by atoms with E-state index in [4.69, 9.17) is 14.5 Å². The normalized spacial score (nSPS) is 14.2. The topological polar surface area (TPSA) is 116 Å². The molecule has 1 aromatic carbocycles. The van der Waals surface area contributed by atoms with Crippen molar-refractivity contribution < 1.29 is 14.3 Å². The van der Waals surface area contributed by atoms with E-state index in [-0.39, 0.29) is 24.3 Å². The van der Waals surface area contributed by atoms with E-state index in [9.17, 15) is 9.59 Å². The summed E-state index contributed by atoms with van der Waals surface area (Å²) >= 11 is 0. The van der Waals surface area contributed by atoms with Gasteiger partial charge in [0.2, 0.25) is 5.95 Å². The number of anilines is 2. The number of fused-ring (bicyclic) bond motifs is 1. The molecule has 4 heterocycles. The van der Waals surface area contributed by atoms with Gasteiger partial charge in [-0.1, -0.05) is 12.1 Å². The minimum atomic E-state index is -0.528. The third kappa shape index (κ3) is 6.40. The number of nitrogens with one attached hydrogen (secondary N) is 1. The molecule has 1 saturated heterocycles. The van der Waals surface area contributed by atoms with Crippen LogP contribution in [0.5, 0.6) is 5.75 Å². The summed E-state index contributed by atoms with van der Waals surface area (Å²) in [5, 5.41) is 3.59. The number of nitrogens with zero attached hydrogens (tertiary/aromatic N) is 6. The molecule has 0 radical (unpaired) electrons. The molecule has 214 valence electrons. The maximum absolute atomic E-state index is 13.3. The standard InChI is InChI=1S/C30H35N7O4/c1-6-14-36-27(38)25-19-32-28(33-21-10-13-31-20(2)17-21)34-26(25)37(36)22-8-7-9-24(18-22)40-23-11-15-35(16-12-23)29(39)41-30(3,4)5/h6-10,13,17-19,23H,1,11-12,14-16H2,2-5H3,(H,31,32,33,34). The lowest BCUT2D eigenvalue weighted by molar-refractivity contribution is 0.0126. The highest BCUT2D eigenvalue weighted by molar-refractivity contribution is 5.77. The fourth-order valence-electron chi connectivity index (χ4n) is 4.75. The first-order valence-electron chi connectivity index (χ1n) is 13.7. The fourth-order valence-corrected chi connectivity index (χ4v) is 4.75. The Bertz CT molecular complexity index is 1630. The molecule has 1 N–H and O–H groups in total. The lowest BCUT2D eigenvalue weighted by Gasteiger charge is -2.33. The number of aromatic nitrogens is 5. The molecule has 11 nitrogen and oxygen atoms in total. The average Bonchev–Trinajstić information content (AvgIpc) is 3.19. The number of piperidine rings is 1. The van der Waals surface area contributed by atoms with Crippen molar-refractivity contribution in [2.24, 2.45) is 0 Å². The molecule has 0 saturated carbocycles. The Balaban J connectivity index is 1.40. The number of benzene rings is 1. The zero-order chi connectivity index (χ0) is 29.1. The van der Waals surface area contributed by atoms with Gasteiger partial charge in [0.05, 0.1) is 12.2 Å². The molecule has 5 rings (SSSR count). The molecule has 1 fully saturated rings. The quantitative estimate of drug-likeness (QED) is 0.316. The monoisotopic (exact) mass is 557 g/mol. The Morgan fingerprint density at radius 3 is 2.66 bits per heavy atom. The van der Waals surface area contributed by atoms with Gasteiger partial charge in [-0.15, -0.1) is 6.58 Å². The number of aryl methyl sites for hydroxylation is 1. The van der Waals surface area contributed by atoms with E-state index in [1.165, 1.54) is 6.20 Å². The van der Waals surface area contributed by atoms with Gasteiger partial charge in [-0.25, -0.2) is 19.1 Å².